The van der Waals surface area contributed by atoms with Crippen molar-refractivity contribution in [1.29, 1.82) is 0 Å². The minimum Gasteiger partial charge on any atom is -0.306 e. The Morgan fingerprint density at radius 3 is 2.83 bits per heavy atom. The first-order valence-electron chi connectivity index (χ1n) is 9.97. The van der Waals surface area contributed by atoms with E-state index in [1.54, 1.807) is 5.01 Å². The average Bonchev–Trinajstić information content (AvgIpc) is 3.39. The number of hydrogen-bond acceptors (Lipinski definition) is 4. The highest BCUT2D eigenvalue weighted by Crippen LogP contribution is 2.54. The molecule has 30 heavy (non-hydrogen) atoms. The molecular weight excluding hydrogens is 404 g/mol. The van der Waals surface area contributed by atoms with E-state index in [0.29, 0.717) is 5.04 Å². The number of hydrazone groups is 1. The summed E-state index contributed by atoms with van der Waals surface area (Å²) in [7, 11) is 0. The fraction of sp³-hybridized carbons (Fsp3) is 0.391. The van der Waals surface area contributed by atoms with Crippen molar-refractivity contribution in [2.24, 2.45) is 5.10 Å². The molecule has 1 N–H and O–H groups in total. The van der Waals surface area contributed by atoms with Crippen LogP contribution in [0.1, 0.15) is 49.8 Å². The van der Waals surface area contributed by atoms with Crippen LogP contribution < -0.4 is 5.32 Å². The van der Waals surface area contributed by atoms with Crippen molar-refractivity contribution in [2.45, 2.75) is 50.4 Å². The number of aryl methyl sites for hydroxylation is 1. The zero-order valence-corrected chi connectivity index (χ0v) is 16.6. The molecule has 0 radical (unpaired) electrons. The second kappa shape index (κ2) is 8.12. The van der Waals surface area contributed by atoms with Crippen molar-refractivity contribution >= 4 is 22.7 Å². The van der Waals surface area contributed by atoms with Gasteiger partial charge in [0.1, 0.15) is 21.5 Å². The van der Waals surface area contributed by atoms with E-state index in [1.165, 1.54) is 17.3 Å². The number of nitrogens with one attached hydrogen (secondary N) is 1. The Balaban J connectivity index is 0.00000218. The molecule has 1 fully saturated rings. The van der Waals surface area contributed by atoms with Crippen molar-refractivity contribution in [3.05, 3.63) is 70.8 Å². The molecule has 1 spiro atoms. The zero-order valence-electron chi connectivity index (χ0n) is 15.8. The summed E-state index contributed by atoms with van der Waals surface area (Å²) in [6, 6.07) is 11.1. The molecule has 4 nitrogen and oxygen atoms in total. The lowest BCUT2D eigenvalue weighted by molar-refractivity contribution is -0.137. The van der Waals surface area contributed by atoms with Gasteiger partial charge in [0.05, 0.1) is 6.04 Å². The number of nitrogens with zero attached hydrogens (tertiary/aromatic N) is 2. The smallest absolute Gasteiger partial charge is 0.261 e. The number of thioether (sulfide) groups is 1. The van der Waals surface area contributed by atoms with E-state index in [-0.39, 0.29) is 24.9 Å². The van der Waals surface area contributed by atoms with E-state index in [2.05, 4.69) is 16.5 Å². The Kier molecular flexibility index (Phi) is 5.68. The fourth-order valence-corrected chi connectivity index (χ4v) is 6.02. The largest absolute Gasteiger partial charge is 0.306 e. The third-order valence-corrected chi connectivity index (χ3v) is 7.35. The van der Waals surface area contributed by atoms with E-state index >= 15 is 0 Å². The monoisotopic (exact) mass is 429 g/mol. The van der Waals surface area contributed by atoms with Crippen LogP contribution in [0.15, 0.2) is 47.6 Å². The normalized spacial score (nSPS) is 25.1. The van der Waals surface area contributed by atoms with Crippen LogP contribution in [0.25, 0.3) is 0 Å². The fourth-order valence-electron chi connectivity index (χ4n) is 4.53. The van der Waals surface area contributed by atoms with E-state index in [4.69, 9.17) is 0 Å². The molecule has 0 saturated carbocycles. The summed E-state index contributed by atoms with van der Waals surface area (Å²) in [5.41, 5.74) is 2.32. The summed E-state index contributed by atoms with van der Waals surface area (Å²) >= 11 is 1.37. The first-order valence-corrected chi connectivity index (χ1v) is 10.8. The van der Waals surface area contributed by atoms with Crippen LogP contribution in [-0.4, -0.2) is 28.5 Å². The predicted molar refractivity (Wildman–Crippen MR) is 116 cm³/mol. The van der Waals surface area contributed by atoms with Crippen LogP contribution in [0.2, 0.25) is 0 Å². The number of halogens is 2. The molecule has 2 aromatic rings. The van der Waals surface area contributed by atoms with Gasteiger partial charge in [-0.1, -0.05) is 43.5 Å². The molecule has 1 aliphatic carbocycles. The van der Waals surface area contributed by atoms with Gasteiger partial charge < -0.3 is 5.32 Å². The molecule has 2 aromatic carbocycles. The van der Waals surface area contributed by atoms with Crippen LogP contribution >= 0.6 is 11.8 Å². The zero-order chi connectivity index (χ0) is 20.0. The van der Waals surface area contributed by atoms with Gasteiger partial charge in [-0.15, -0.1) is 0 Å². The van der Waals surface area contributed by atoms with Crippen LogP contribution in [0.4, 0.5) is 8.78 Å². The van der Waals surface area contributed by atoms with Crippen molar-refractivity contribution < 1.29 is 13.6 Å². The van der Waals surface area contributed by atoms with Gasteiger partial charge in [0.15, 0.2) is 0 Å². The molecule has 1 amide bonds. The lowest BCUT2D eigenvalue weighted by Gasteiger charge is -2.40. The summed E-state index contributed by atoms with van der Waals surface area (Å²) in [5, 5.41) is 9.75. The van der Waals surface area contributed by atoms with Gasteiger partial charge >= 0.3 is 0 Å². The van der Waals surface area contributed by atoms with Crippen LogP contribution in [0.5, 0.6) is 0 Å². The number of fused-ring (bicyclic) bond motifs is 2. The van der Waals surface area contributed by atoms with Crippen LogP contribution in [0, 0.1) is 11.6 Å². The van der Waals surface area contributed by atoms with Gasteiger partial charge in [-0.2, -0.15) is 5.10 Å². The topological polar surface area (TPSA) is 44.7 Å². The second-order valence-corrected chi connectivity index (χ2v) is 8.99. The molecule has 2 unspecified atom stereocenters. The maximum Gasteiger partial charge on any atom is 0.261 e. The van der Waals surface area contributed by atoms with E-state index < -0.39 is 16.5 Å². The standard InChI is InChI=1S/C22H21F2N3OS.CH4/c23-15-9-10-18(24)16(13-15)20-26-27(21(28)19-8-4-12-25-19)22(29-20)11-3-6-14-5-1-2-7-17(14)22;/h1-2,5,7,9-10,13,19,25H,3-4,6,8,11-12H2;1H4. The van der Waals surface area contributed by atoms with Crippen molar-refractivity contribution in [2.75, 3.05) is 6.54 Å². The van der Waals surface area contributed by atoms with Gasteiger partial charge in [-0.25, -0.2) is 13.8 Å². The molecule has 3 aliphatic rings. The highest BCUT2D eigenvalue weighted by Gasteiger charge is 2.52. The Morgan fingerprint density at radius 1 is 1.20 bits per heavy atom. The van der Waals surface area contributed by atoms with Crippen LogP contribution in [0.3, 0.4) is 0 Å². The number of benzene rings is 2. The summed E-state index contributed by atoms with van der Waals surface area (Å²) in [4.78, 5) is 12.7. The Hall–Kier alpha value is -2.25. The Morgan fingerprint density at radius 2 is 2.03 bits per heavy atom. The quantitative estimate of drug-likeness (QED) is 0.747. The first-order chi connectivity index (χ1) is 14.1. The third kappa shape index (κ3) is 3.34. The van der Waals surface area contributed by atoms with Gasteiger partial charge in [0.2, 0.25) is 0 Å². The number of rotatable bonds is 2. The van der Waals surface area contributed by atoms with E-state index in [9.17, 15) is 13.6 Å². The molecule has 5 rings (SSSR count). The lowest BCUT2D eigenvalue weighted by atomic mass is 9.86. The Labute approximate surface area is 179 Å². The molecule has 1 saturated heterocycles. The van der Waals surface area contributed by atoms with Gasteiger partial charge in [-0.05, 0) is 68.0 Å². The second-order valence-electron chi connectivity index (χ2n) is 7.73. The predicted octanol–water partition coefficient (Wildman–Crippen LogP) is 4.78. The minimum absolute atomic E-state index is 0. The molecule has 7 heteroatoms. The number of carbonyl (C=O) groups excluding carboxylic acids is 1. The van der Waals surface area contributed by atoms with E-state index in [0.717, 1.165) is 62.4 Å². The SMILES string of the molecule is C.O=C(C1CCCN1)N1N=C(c2cc(F)ccc2F)SC12CCCc1ccccc12. The maximum atomic E-state index is 14.5. The molecule has 2 aliphatic heterocycles. The number of carbonyl (C=O) groups is 1. The third-order valence-electron chi connectivity index (χ3n) is 5.92. The van der Waals surface area contributed by atoms with Gasteiger partial charge in [0, 0.05) is 5.56 Å². The summed E-state index contributed by atoms with van der Waals surface area (Å²) in [5.74, 6) is -1.16. The first kappa shape index (κ1) is 21.0. The molecule has 0 bridgehead atoms. The maximum absolute atomic E-state index is 14.5. The van der Waals surface area contributed by atoms with Gasteiger partial charge in [-0.3, -0.25) is 4.79 Å². The molecule has 2 heterocycles. The number of hydrogen-bond donors (Lipinski definition) is 1. The molecule has 158 valence electrons. The average molecular weight is 430 g/mol. The highest BCUT2D eigenvalue weighted by atomic mass is 32.2. The van der Waals surface area contributed by atoms with Crippen molar-refractivity contribution in [3.8, 4) is 0 Å². The summed E-state index contributed by atoms with van der Waals surface area (Å²) in [6.45, 7) is 0.802. The van der Waals surface area contributed by atoms with Crippen molar-refractivity contribution in [3.63, 3.8) is 0 Å². The minimum atomic E-state index is -0.718. The highest BCUT2D eigenvalue weighted by molar-refractivity contribution is 8.15. The molecule has 2 atom stereocenters. The summed E-state index contributed by atoms with van der Waals surface area (Å²) < 4.78 is 28.4. The molecule has 0 aromatic heterocycles. The number of amides is 1. The summed E-state index contributed by atoms with van der Waals surface area (Å²) in [6.07, 6.45) is 4.26. The molecular formula is C23H25F2N3OS. The van der Waals surface area contributed by atoms with Gasteiger partial charge in [0.25, 0.3) is 5.91 Å². The lowest BCUT2D eigenvalue weighted by Crippen LogP contribution is -2.49. The van der Waals surface area contributed by atoms with Crippen LogP contribution in [-0.2, 0) is 16.1 Å². The van der Waals surface area contributed by atoms with E-state index in [1.807, 2.05) is 18.2 Å². The van der Waals surface area contributed by atoms with Crippen molar-refractivity contribution in [1.82, 2.24) is 10.3 Å². The Bertz CT molecular complexity index is 1010.